The molecule has 0 radical (unpaired) electrons. The monoisotopic (exact) mass is 255 g/mol. The van der Waals surface area contributed by atoms with Gasteiger partial charge in [-0.1, -0.05) is 0 Å². The van der Waals surface area contributed by atoms with Crippen molar-refractivity contribution < 1.29 is 9.47 Å². The van der Waals surface area contributed by atoms with Gasteiger partial charge in [-0.15, -0.1) is 0 Å². The molecular formula is C14H13N3O2. The van der Waals surface area contributed by atoms with Crippen LogP contribution in [0.5, 0.6) is 11.5 Å². The Hall–Kier alpha value is -2.74. The summed E-state index contributed by atoms with van der Waals surface area (Å²) in [4.78, 5) is 6.84. The van der Waals surface area contributed by atoms with Crippen LogP contribution >= 0.6 is 0 Å². The number of methoxy groups -OCH3 is 2. The maximum Gasteiger partial charge on any atom is 0.161 e. The molecule has 0 amide bonds. The maximum atomic E-state index is 9.24. The number of nitriles is 1. The predicted molar refractivity (Wildman–Crippen MR) is 71.6 cm³/mol. The van der Waals surface area contributed by atoms with Crippen LogP contribution in [0.25, 0.3) is 11.6 Å². The van der Waals surface area contributed by atoms with Crippen molar-refractivity contribution in [2.75, 3.05) is 14.2 Å². The van der Waals surface area contributed by atoms with Gasteiger partial charge in [-0.25, -0.2) is 4.98 Å². The first-order valence-corrected chi connectivity index (χ1v) is 5.61. The van der Waals surface area contributed by atoms with E-state index in [0.717, 1.165) is 11.3 Å². The van der Waals surface area contributed by atoms with E-state index < -0.39 is 0 Å². The summed E-state index contributed by atoms with van der Waals surface area (Å²) in [6.45, 7) is 0. The molecular weight excluding hydrogens is 242 g/mol. The van der Waals surface area contributed by atoms with E-state index in [0.29, 0.717) is 17.1 Å². The van der Waals surface area contributed by atoms with Crippen LogP contribution in [0, 0.1) is 11.3 Å². The number of hydrogen-bond acceptors (Lipinski definition) is 4. The molecule has 0 aliphatic rings. The number of aromatic amines is 1. The molecule has 2 rings (SSSR count). The molecule has 19 heavy (non-hydrogen) atoms. The maximum absolute atomic E-state index is 9.24. The Balaban J connectivity index is 2.42. The van der Waals surface area contributed by atoms with Crippen LogP contribution in [0.15, 0.2) is 30.7 Å². The number of allylic oxidation sites excluding steroid dienone is 1. The van der Waals surface area contributed by atoms with Gasteiger partial charge in [-0.3, -0.25) is 0 Å². The van der Waals surface area contributed by atoms with E-state index in [4.69, 9.17) is 9.47 Å². The zero-order valence-electron chi connectivity index (χ0n) is 10.7. The molecule has 0 aliphatic carbocycles. The van der Waals surface area contributed by atoms with E-state index in [1.54, 1.807) is 45.0 Å². The third kappa shape index (κ3) is 2.75. The standard InChI is InChI=1S/C14H13N3O2/c1-18-13-4-3-10(6-14(13)19-2)11(7-15)5-12-8-16-9-17-12/h3-6,8-9H,1-2H3,(H,16,17). The summed E-state index contributed by atoms with van der Waals surface area (Å²) in [5.41, 5.74) is 2.05. The van der Waals surface area contributed by atoms with Crippen LogP contribution in [0.1, 0.15) is 11.3 Å². The molecule has 2 aromatic rings. The van der Waals surface area contributed by atoms with Gasteiger partial charge in [0.25, 0.3) is 0 Å². The molecule has 0 fully saturated rings. The summed E-state index contributed by atoms with van der Waals surface area (Å²) in [6.07, 6.45) is 4.95. The SMILES string of the molecule is COc1ccc(C(C#N)=Cc2cnc[nH]2)cc1OC. The van der Waals surface area contributed by atoms with Gasteiger partial charge in [0.05, 0.1) is 44.1 Å². The topological polar surface area (TPSA) is 70.9 Å². The van der Waals surface area contributed by atoms with E-state index in [1.807, 2.05) is 6.07 Å². The molecule has 0 bridgehead atoms. The molecule has 1 N–H and O–H groups in total. The number of ether oxygens (including phenoxy) is 2. The minimum atomic E-state index is 0.519. The van der Waals surface area contributed by atoms with Crippen molar-refractivity contribution in [3.8, 4) is 17.6 Å². The van der Waals surface area contributed by atoms with E-state index in [2.05, 4.69) is 16.0 Å². The first-order chi connectivity index (χ1) is 9.28. The lowest BCUT2D eigenvalue weighted by Crippen LogP contribution is -1.92. The first kappa shape index (κ1) is 12.7. The zero-order chi connectivity index (χ0) is 13.7. The average molecular weight is 255 g/mol. The van der Waals surface area contributed by atoms with E-state index >= 15 is 0 Å². The Morgan fingerprint density at radius 1 is 1.32 bits per heavy atom. The molecule has 1 aromatic heterocycles. The van der Waals surface area contributed by atoms with Crippen LogP contribution < -0.4 is 9.47 Å². The Labute approximate surface area is 111 Å². The molecule has 0 saturated carbocycles. The summed E-state index contributed by atoms with van der Waals surface area (Å²) < 4.78 is 10.4. The highest BCUT2D eigenvalue weighted by atomic mass is 16.5. The van der Waals surface area contributed by atoms with Gasteiger partial charge in [0.1, 0.15) is 0 Å². The Bertz CT molecular complexity index is 625. The summed E-state index contributed by atoms with van der Waals surface area (Å²) >= 11 is 0. The second-order valence-corrected chi connectivity index (χ2v) is 3.75. The second kappa shape index (κ2) is 5.74. The Kier molecular flexibility index (Phi) is 3.84. The number of nitrogens with one attached hydrogen (secondary N) is 1. The second-order valence-electron chi connectivity index (χ2n) is 3.75. The van der Waals surface area contributed by atoms with Crippen molar-refractivity contribution in [1.82, 2.24) is 9.97 Å². The molecule has 0 aliphatic heterocycles. The quantitative estimate of drug-likeness (QED) is 0.852. The van der Waals surface area contributed by atoms with Gasteiger partial charge in [-0.2, -0.15) is 5.26 Å². The number of aromatic nitrogens is 2. The molecule has 5 heteroatoms. The smallest absolute Gasteiger partial charge is 0.161 e. The van der Waals surface area contributed by atoms with Crippen molar-refractivity contribution in [3.05, 3.63) is 42.0 Å². The fourth-order valence-electron chi connectivity index (χ4n) is 1.68. The number of benzene rings is 1. The highest BCUT2D eigenvalue weighted by Crippen LogP contribution is 2.30. The van der Waals surface area contributed by atoms with Gasteiger partial charge in [0.2, 0.25) is 0 Å². The van der Waals surface area contributed by atoms with Crippen molar-refractivity contribution in [1.29, 1.82) is 5.26 Å². The first-order valence-electron chi connectivity index (χ1n) is 5.61. The van der Waals surface area contributed by atoms with Crippen molar-refractivity contribution in [3.63, 3.8) is 0 Å². The third-order valence-electron chi connectivity index (χ3n) is 2.63. The number of nitrogens with zero attached hydrogens (tertiary/aromatic N) is 2. The fourth-order valence-corrected chi connectivity index (χ4v) is 1.68. The van der Waals surface area contributed by atoms with Gasteiger partial charge < -0.3 is 14.5 Å². The van der Waals surface area contributed by atoms with E-state index in [1.165, 1.54) is 0 Å². The Morgan fingerprint density at radius 3 is 2.68 bits per heavy atom. The minimum absolute atomic E-state index is 0.519. The average Bonchev–Trinajstić information content (AvgIpc) is 2.97. The highest BCUT2D eigenvalue weighted by molar-refractivity contribution is 5.89. The molecule has 0 spiro atoms. The van der Waals surface area contributed by atoms with Crippen LogP contribution in [-0.4, -0.2) is 24.2 Å². The molecule has 0 saturated heterocycles. The van der Waals surface area contributed by atoms with Crippen molar-refractivity contribution in [2.45, 2.75) is 0 Å². The molecule has 1 aromatic carbocycles. The molecule has 5 nitrogen and oxygen atoms in total. The fraction of sp³-hybridized carbons (Fsp3) is 0.143. The largest absolute Gasteiger partial charge is 0.493 e. The summed E-state index contributed by atoms with van der Waals surface area (Å²) in [5.74, 6) is 1.22. The lowest BCUT2D eigenvalue weighted by molar-refractivity contribution is 0.355. The van der Waals surface area contributed by atoms with E-state index in [9.17, 15) is 5.26 Å². The van der Waals surface area contributed by atoms with Crippen molar-refractivity contribution in [2.24, 2.45) is 0 Å². The molecule has 0 atom stereocenters. The van der Waals surface area contributed by atoms with Gasteiger partial charge in [0.15, 0.2) is 11.5 Å². The highest BCUT2D eigenvalue weighted by Gasteiger charge is 2.08. The van der Waals surface area contributed by atoms with Gasteiger partial charge in [-0.05, 0) is 29.8 Å². The number of hydrogen-bond donors (Lipinski definition) is 1. The summed E-state index contributed by atoms with van der Waals surface area (Å²) in [5, 5.41) is 9.24. The normalized spacial score (nSPS) is 10.9. The molecule has 96 valence electrons. The summed E-state index contributed by atoms with van der Waals surface area (Å²) in [7, 11) is 3.13. The van der Waals surface area contributed by atoms with Crippen LogP contribution in [0.3, 0.4) is 0 Å². The Morgan fingerprint density at radius 2 is 2.11 bits per heavy atom. The molecule has 1 heterocycles. The summed E-state index contributed by atoms with van der Waals surface area (Å²) in [6, 6.07) is 7.51. The predicted octanol–water partition coefficient (Wildman–Crippen LogP) is 2.49. The van der Waals surface area contributed by atoms with Crippen LogP contribution in [0.2, 0.25) is 0 Å². The third-order valence-corrected chi connectivity index (χ3v) is 2.63. The zero-order valence-corrected chi connectivity index (χ0v) is 10.7. The van der Waals surface area contributed by atoms with Crippen LogP contribution in [-0.2, 0) is 0 Å². The van der Waals surface area contributed by atoms with E-state index in [-0.39, 0.29) is 0 Å². The minimum Gasteiger partial charge on any atom is -0.493 e. The molecule has 0 unspecified atom stereocenters. The van der Waals surface area contributed by atoms with Gasteiger partial charge >= 0.3 is 0 Å². The lowest BCUT2D eigenvalue weighted by atomic mass is 10.1. The number of rotatable bonds is 4. The van der Waals surface area contributed by atoms with Gasteiger partial charge in [0, 0.05) is 0 Å². The lowest BCUT2D eigenvalue weighted by Gasteiger charge is -2.08. The van der Waals surface area contributed by atoms with Crippen LogP contribution in [0.4, 0.5) is 0 Å². The van der Waals surface area contributed by atoms with Crippen molar-refractivity contribution >= 4 is 11.6 Å². The number of imidazole rings is 1. The number of H-pyrrole nitrogens is 1.